The van der Waals surface area contributed by atoms with Crippen molar-refractivity contribution in [3.8, 4) is 0 Å². The Labute approximate surface area is 128 Å². The van der Waals surface area contributed by atoms with Gasteiger partial charge >= 0.3 is 0 Å². The van der Waals surface area contributed by atoms with Crippen molar-refractivity contribution in [3.63, 3.8) is 0 Å². The number of carbonyl (C=O) groups excluding carboxylic acids is 1. The summed E-state index contributed by atoms with van der Waals surface area (Å²) in [7, 11) is -3.16. The predicted octanol–water partition coefficient (Wildman–Crippen LogP) is 2.95. The molecule has 0 N–H and O–H groups in total. The van der Waals surface area contributed by atoms with E-state index in [-0.39, 0.29) is 11.7 Å². The number of hydrogen-bond acceptors (Lipinski definition) is 4. The molecule has 0 bridgehead atoms. The third-order valence-electron chi connectivity index (χ3n) is 3.58. The Morgan fingerprint density at radius 3 is 2.80 bits per heavy atom. The Hall–Kier alpha value is -0.430. The first-order chi connectivity index (χ1) is 9.29. The van der Waals surface area contributed by atoms with Gasteiger partial charge in [0.15, 0.2) is 5.78 Å². The van der Waals surface area contributed by atoms with Crippen LogP contribution in [0.2, 0.25) is 5.02 Å². The van der Waals surface area contributed by atoms with Crippen LogP contribution in [0.15, 0.2) is 5.38 Å². The van der Waals surface area contributed by atoms with Crippen molar-refractivity contribution in [2.45, 2.75) is 26.2 Å². The molecule has 0 aliphatic carbocycles. The SMILES string of the molecule is Cc1csc(C(=O)CC2CCCN(S(C)(=O)=O)C2)c1Cl. The molecule has 1 aromatic heterocycles. The first-order valence-electron chi connectivity index (χ1n) is 6.51. The molecule has 0 amide bonds. The minimum atomic E-state index is -3.16. The molecule has 1 saturated heterocycles. The molecule has 2 rings (SSSR count). The summed E-state index contributed by atoms with van der Waals surface area (Å²) in [5.41, 5.74) is 0.918. The van der Waals surface area contributed by atoms with Gasteiger partial charge in [0.25, 0.3) is 0 Å². The minimum absolute atomic E-state index is 0.0217. The summed E-state index contributed by atoms with van der Waals surface area (Å²) < 4.78 is 24.6. The van der Waals surface area contributed by atoms with E-state index in [9.17, 15) is 13.2 Å². The quantitative estimate of drug-likeness (QED) is 0.795. The molecule has 0 radical (unpaired) electrons. The van der Waals surface area contributed by atoms with Crippen molar-refractivity contribution in [2.24, 2.45) is 5.92 Å². The zero-order valence-corrected chi connectivity index (χ0v) is 13.9. The lowest BCUT2D eigenvalue weighted by Gasteiger charge is -2.30. The van der Waals surface area contributed by atoms with Gasteiger partial charge in [0.05, 0.1) is 16.2 Å². The van der Waals surface area contributed by atoms with E-state index in [0.29, 0.717) is 29.4 Å². The Morgan fingerprint density at radius 1 is 1.55 bits per heavy atom. The maximum Gasteiger partial charge on any atom is 0.211 e. The molecule has 7 heteroatoms. The number of ketones is 1. The summed E-state index contributed by atoms with van der Waals surface area (Å²) in [6, 6.07) is 0. The van der Waals surface area contributed by atoms with Crippen LogP contribution < -0.4 is 0 Å². The molecule has 2 heterocycles. The lowest BCUT2D eigenvalue weighted by molar-refractivity contribution is 0.0946. The highest BCUT2D eigenvalue weighted by molar-refractivity contribution is 7.88. The summed E-state index contributed by atoms with van der Waals surface area (Å²) in [6.45, 7) is 2.87. The van der Waals surface area contributed by atoms with Crippen LogP contribution in [-0.4, -0.2) is 37.9 Å². The van der Waals surface area contributed by atoms with Crippen molar-refractivity contribution in [1.29, 1.82) is 0 Å². The van der Waals surface area contributed by atoms with Gasteiger partial charge in [0.1, 0.15) is 0 Å². The van der Waals surface area contributed by atoms with E-state index >= 15 is 0 Å². The van der Waals surface area contributed by atoms with Crippen LogP contribution in [0.1, 0.15) is 34.5 Å². The van der Waals surface area contributed by atoms with Gasteiger partial charge in [-0.05, 0) is 36.6 Å². The monoisotopic (exact) mass is 335 g/mol. The van der Waals surface area contributed by atoms with Gasteiger partial charge in [-0.15, -0.1) is 11.3 Å². The molecule has 0 saturated carbocycles. The van der Waals surface area contributed by atoms with Gasteiger partial charge in [-0.3, -0.25) is 4.79 Å². The van der Waals surface area contributed by atoms with Gasteiger partial charge in [-0.1, -0.05) is 11.6 Å². The Morgan fingerprint density at radius 2 is 2.25 bits per heavy atom. The molecule has 1 fully saturated rings. The standard InChI is InChI=1S/C13H18ClNO3S2/c1-9-8-19-13(12(9)14)11(16)6-10-4-3-5-15(7-10)20(2,17)18/h8,10H,3-7H2,1-2H3. The smallest absolute Gasteiger partial charge is 0.211 e. The number of thiophene rings is 1. The lowest BCUT2D eigenvalue weighted by Crippen LogP contribution is -2.39. The van der Waals surface area contributed by atoms with Crippen LogP contribution in [0.3, 0.4) is 0 Å². The molecule has 1 unspecified atom stereocenters. The fourth-order valence-electron chi connectivity index (χ4n) is 2.47. The van der Waals surface area contributed by atoms with Gasteiger partial charge < -0.3 is 0 Å². The van der Waals surface area contributed by atoms with Crippen LogP contribution >= 0.6 is 22.9 Å². The van der Waals surface area contributed by atoms with Gasteiger partial charge in [-0.25, -0.2) is 12.7 Å². The number of rotatable bonds is 4. The Kier molecular flexibility index (Phi) is 4.89. The second kappa shape index (κ2) is 6.13. The number of piperidine rings is 1. The minimum Gasteiger partial charge on any atom is -0.293 e. The highest BCUT2D eigenvalue weighted by atomic mass is 35.5. The number of halogens is 1. The van der Waals surface area contributed by atoms with E-state index in [1.54, 1.807) is 0 Å². The van der Waals surface area contributed by atoms with Gasteiger partial charge in [0, 0.05) is 19.5 Å². The summed E-state index contributed by atoms with van der Waals surface area (Å²) in [5, 5.41) is 2.41. The van der Waals surface area contributed by atoms with Gasteiger partial charge in [-0.2, -0.15) is 0 Å². The fraction of sp³-hybridized carbons (Fsp3) is 0.615. The third kappa shape index (κ3) is 3.61. The number of Topliss-reactive ketones (excluding diaryl/α,β-unsaturated/α-hetero) is 1. The van der Waals surface area contributed by atoms with Gasteiger partial charge in [0.2, 0.25) is 10.0 Å². The zero-order chi connectivity index (χ0) is 14.9. The van der Waals surface area contributed by atoms with Crippen molar-refractivity contribution < 1.29 is 13.2 Å². The highest BCUT2D eigenvalue weighted by Gasteiger charge is 2.28. The van der Waals surface area contributed by atoms with E-state index in [2.05, 4.69) is 0 Å². The van der Waals surface area contributed by atoms with Crippen LogP contribution in [0, 0.1) is 12.8 Å². The van der Waals surface area contributed by atoms with Crippen LogP contribution in [-0.2, 0) is 10.0 Å². The van der Waals surface area contributed by atoms with E-state index in [0.717, 1.165) is 18.4 Å². The third-order valence-corrected chi connectivity index (χ3v) is 6.58. The first kappa shape index (κ1) is 15.9. The number of hydrogen-bond donors (Lipinski definition) is 0. The maximum absolute atomic E-state index is 12.3. The summed E-state index contributed by atoms with van der Waals surface area (Å²) >= 11 is 7.47. The fourth-order valence-corrected chi connectivity index (χ4v) is 4.66. The van der Waals surface area contributed by atoms with Crippen molar-refractivity contribution in [3.05, 3.63) is 20.8 Å². The number of aryl methyl sites for hydroxylation is 1. The molecular weight excluding hydrogens is 318 g/mol. The lowest BCUT2D eigenvalue weighted by atomic mass is 9.93. The summed E-state index contributed by atoms with van der Waals surface area (Å²) in [6.07, 6.45) is 3.28. The predicted molar refractivity (Wildman–Crippen MR) is 82.2 cm³/mol. The molecular formula is C13H18ClNO3S2. The van der Waals surface area contributed by atoms with Crippen molar-refractivity contribution in [2.75, 3.05) is 19.3 Å². The first-order valence-corrected chi connectivity index (χ1v) is 9.61. The zero-order valence-electron chi connectivity index (χ0n) is 11.6. The molecule has 1 aliphatic rings. The Bertz CT molecular complexity index is 609. The summed E-state index contributed by atoms with van der Waals surface area (Å²) in [4.78, 5) is 12.9. The average molecular weight is 336 g/mol. The summed E-state index contributed by atoms with van der Waals surface area (Å²) in [5.74, 6) is 0.109. The molecule has 0 spiro atoms. The molecule has 1 aliphatic heterocycles. The van der Waals surface area contributed by atoms with Crippen molar-refractivity contribution >= 4 is 38.7 Å². The second-order valence-corrected chi connectivity index (χ2v) is 8.56. The van der Waals surface area contributed by atoms with Crippen molar-refractivity contribution in [1.82, 2.24) is 4.31 Å². The van der Waals surface area contributed by atoms with Crippen LogP contribution in [0.4, 0.5) is 0 Å². The van der Waals surface area contributed by atoms with E-state index in [4.69, 9.17) is 11.6 Å². The van der Waals surface area contributed by atoms with E-state index in [1.165, 1.54) is 21.9 Å². The molecule has 0 aromatic carbocycles. The molecule has 20 heavy (non-hydrogen) atoms. The van der Waals surface area contributed by atoms with E-state index in [1.807, 2.05) is 12.3 Å². The molecule has 1 atom stereocenters. The maximum atomic E-state index is 12.3. The average Bonchev–Trinajstić information content (AvgIpc) is 2.69. The number of carbonyl (C=O) groups is 1. The number of sulfonamides is 1. The Balaban J connectivity index is 2.03. The largest absolute Gasteiger partial charge is 0.293 e. The second-order valence-electron chi connectivity index (χ2n) is 5.32. The molecule has 112 valence electrons. The number of nitrogens with zero attached hydrogens (tertiary/aromatic N) is 1. The van der Waals surface area contributed by atoms with Crippen LogP contribution in [0.5, 0.6) is 0 Å². The van der Waals surface area contributed by atoms with E-state index < -0.39 is 10.0 Å². The molecule has 1 aromatic rings. The molecule has 4 nitrogen and oxygen atoms in total. The highest BCUT2D eigenvalue weighted by Crippen LogP contribution is 2.30. The topological polar surface area (TPSA) is 54.5 Å². The normalized spacial score (nSPS) is 21.1. The van der Waals surface area contributed by atoms with Crippen LogP contribution in [0.25, 0.3) is 0 Å².